The molecule has 1 N–H and O–H groups in total. The second-order valence-corrected chi connectivity index (χ2v) is 3.38. The molecule has 0 fully saturated rings. The maximum absolute atomic E-state index is 13.0. The van der Waals surface area contributed by atoms with Crippen LogP contribution in [0, 0.1) is 17.7 Å². The molecule has 86 valence electrons. The van der Waals surface area contributed by atoms with Gasteiger partial charge in [0.05, 0.1) is 12.7 Å². The van der Waals surface area contributed by atoms with Gasteiger partial charge in [-0.3, -0.25) is 0 Å². The van der Waals surface area contributed by atoms with E-state index in [1.165, 1.54) is 18.2 Å². The van der Waals surface area contributed by atoms with Gasteiger partial charge in [0.2, 0.25) is 0 Å². The number of ether oxygens (including phenoxy) is 1. The van der Waals surface area contributed by atoms with E-state index < -0.39 is 6.10 Å². The largest absolute Gasteiger partial charge is 0.492 e. The molecule has 0 spiro atoms. The SMILES string of the molecule is CC#CCCOc1ccc(F)cc1[C@H](C)O. The second kappa shape index (κ2) is 6.14. The molecule has 3 heteroatoms. The summed E-state index contributed by atoms with van der Waals surface area (Å²) in [6, 6.07) is 4.12. The molecule has 0 bridgehead atoms. The lowest BCUT2D eigenvalue weighted by atomic mass is 10.1. The molecule has 2 nitrogen and oxygen atoms in total. The molecule has 0 aliphatic heterocycles. The van der Waals surface area contributed by atoms with E-state index in [0.717, 1.165) is 0 Å². The summed E-state index contributed by atoms with van der Waals surface area (Å²) in [5.74, 6) is 5.76. The van der Waals surface area contributed by atoms with Crippen molar-refractivity contribution in [1.29, 1.82) is 0 Å². The lowest BCUT2D eigenvalue weighted by Gasteiger charge is -2.12. The third-order valence-electron chi connectivity index (χ3n) is 2.08. The summed E-state index contributed by atoms with van der Waals surface area (Å²) in [6.07, 6.45) is -0.129. The van der Waals surface area contributed by atoms with Crippen LogP contribution in [-0.2, 0) is 0 Å². The normalized spacial score (nSPS) is 11.5. The Labute approximate surface area is 95.1 Å². The van der Waals surface area contributed by atoms with Crippen molar-refractivity contribution in [3.63, 3.8) is 0 Å². The highest BCUT2D eigenvalue weighted by Gasteiger charge is 2.10. The molecular formula is C13H15FO2. The average Bonchev–Trinajstić information content (AvgIpc) is 2.26. The van der Waals surface area contributed by atoms with Gasteiger partial charge in [0.1, 0.15) is 11.6 Å². The molecule has 0 saturated carbocycles. The highest BCUT2D eigenvalue weighted by Crippen LogP contribution is 2.25. The Morgan fingerprint density at radius 3 is 2.88 bits per heavy atom. The number of aliphatic hydroxyl groups is 1. The summed E-state index contributed by atoms with van der Waals surface area (Å²) in [7, 11) is 0. The minimum atomic E-state index is -0.747. The summed E-state index contributed by atoms with van der Waals surface area (Å²) in [4.78, 5) is 0. The fraction of sp³-hybridized carbons (Fsp3) is 0.385. The molecule has 1 rings (SSSR count). The molecule has 0 amide bonds. The molecule has 0 aliphatic carbocycles. The molecule has 0 unspecified atom stereocenters. The van der Waals surface area contributed by atoms with Gasteiger partial charge in [-0.15, -0.1) is 11.8 Å². The molecular weight excluding hydrogens is 207 g/mol. The van der Waals surface area contributed by atoms with Crippen molar-refractivity contribution >= 4 is 0 Å². The Morgan fingerprint density at radius 1 is 1.50 bits per heavy atom. The first kappa shape index (κ1) is 12.5. The molecule has 0 saturated heterocycles. The van der Waals surface area contributed by atoms with Crippen molar-refractivity contribution < 1.29 is 14.2 Å². The van der Waals surface area contributed by atoms with E-state index in [4.69, 9.17) is 4.74 Å². The summed E-state index contributed by atoms with van der Waals surface area (Å²) in [5.41, 5.74) is 0.462. The Balaban J connectivity index is 2.73. The van der Waals surface area contributed by atoms with Gasteiger partial charge in [-0.2, -0.15) is 0 Å². The van der Waals surface area contributed by atoms with Gasteiger partial charge >= 0.3 is 0 Å². The van der Waals surface area contributed by atoms with Crippen molar-refractivity contribution in [2.45, 2.75) is 26.4 Å². The fourth-order valence-corrected chi connectivity index (χ4v) is 1.31. The van der Waals surface area contributed by atoms with Crippen LogP contribution in [0.4, 0.5) is 4.39 Å². The van der Waals surface area contributed by atoms with Gasteiger partial charge in [-0.05, 0) is 32.0 Å². The zero-order chi connectivity index (χ0) is 12.0. The van der Waals surface area contributed by atoms with Gasteiger partial charge in [0.15, 0.2) is 0 Å². The van der Waals surface area contributed by atoms with E-state index in [2.05, 4.69) is 11.8 Å². The van der Waals surface area contributed by atoms with Crippen molar-refractivity contribution in [3.05, 3.63) is 29.6 Å². The number of hydrogen-bond donors (Lipinski definition) is 1. The van der Waals surface area contributed by atoms with Crippen LogP contribution in [0.1, 0.15) is 31.9 Å². The van der Waals surface area contributed by atoms with Gasteiger partial charge < -0.3 is 9.84 Å². The van der Waals surface area contributed by atoms with Gasteiger partial charge in [-0.25, -0.2) is 4.39 Å². The first-order valence-electron chi connectivity index (χ1n) is 5.15. The van der Waals surface area contributed by atoms with E-state index >= 15 is 0 Å². The third kappa shape index (κ3) is 3.56. The molecule has 0 aliphatic rings. The predicted molar refractivity (Wildman–Crippen MR) is 60.6 cm³/mol. The lowest BCUT2D eigenvalue weighted by Crippen LogP contribution is -2.02. The average molecular weight is 222 g/mol. The summed E-state index contributed by atoms with van der Waals surface area (Å²) < 4.78 is 18.4. The molecule has 1 aromatic carbocycles. The molecule has 16 heavy (non-hydrogen) atoms. The highest BCUT2D eigenvalue weighted by atomic mass is 19.1. The third-order valence-corrected chi connectivity index (χ3v) is 2.08. The smallest absolute Gasteiger partial charge is 0.125 e. The first-order valence-corrected chi connectivity index (χ1v) is 5.15. The van der Waals surface area contributed by atoms with Crippen molar-refractivity contribution in [1.82, 2.24) is 0 Å². The standard InChI is InChI=1S/C13H15FO2/c1-3-4-5-8-16-13-7-6-11(14)9-12(13)10(2)15/h6-7,9-10,15H,5,8H2,1-2H3/t10-/m0/s1. The van der Waals surface area contributed by atoms with Crippen molar-refractivity contribution in [2.24, 2.45) is 0 Å². The Hall–Kier alpha value is -1.53. The Kier molecular flexibility index (Phi) is 4.81. The molecule has 1 aromatic rings. The highest BCUT2D eigenvalue weighted by molar-refractivity contribution is 5.35. The second-order valence-electron chi connectivity index (χ2n) is 3.38. The summed E-state index contributed by atoms with van der Waals surface area (Å²) >= 11 is 0. The maximum Gasteiger partial charge on any atom is 0.125 e. The van der Waals surface area contributed by atoms with Crippen LogP contribution in [0.5, 0.6) is 5.75 Å². The lowest BCUT2D eigenvalue weighted by molar-refractivity contribution is 0.191. The molecule has 0 aromatic heterocycles. The van der Waals surface area contributed by atoms with E-state index in [1.807, 2.05) is 0 Å². The monoisotopic (exact) mass is 222 g/mol. The van der Waals surface area contributed by atoms with Crippen LogP contribution < -0.4 is 4.74 Å². The quantitative estimate of drug-likeness (QED) is 0.627. The number of hydrogen-bond acceptors (Lipinski definition) is 2. The molecule has 1 atom stereocenters. The zero-order valence-corrected chi connectivity index (χ0v) is 9.46. The topological polar surface area (TPSA) is 29.5 Å². The first-order chi connectivity index (χ1) is 7.65. The van der Waals surface area contributed by atoms with E-state index in [9.17, 15) is 9.50 Å². The van der Waals surface area contributed by atoms with Crippen LogP contribution in [-0.4, -0.2) is 11.7 Å². The summed E-state index contributed by atoms with van der Waals surface area (Å²) in [6.45, 7) is 3.78. The van der Waals surface area contributed by atoms with E-state index in [0.29, 0.717) is 24.3 Å². The predicted octanol–water partition coefficient (Wildman–Crippen LogP) is 2.67. The Bertz CT molecular complexity index is 402. The van der Waals surface area contributed by atoms with E-state index in [-0.39, 0.29) is 5.82 Å². The van der Waals surface area contributed by atoms with Crippen LogP contribution in [0.3, 0.4) is 0 Å². The van der Waals surface area contributed by atoms with Crippen LogP contribution in [0.2, 0.25) is 0 Å². The maximum atomic E-state index is 13.0. The molecule has 0 radical (unpaired) electrons. The van der Waals surface area contributed by atoms with Gasteiger partial charge in [-0.1, -0.05) is 0 Å². The molecule has 0 heterocycles. The van der Waals surface area contributed by atoms with Crippen LogP contribution in [0.25, 0.3) is 0 Å². The number of rotatable bonds is 4. The van der Waals surface area contributed by atoms with Gasteiger partial charge in [0, 0.05) is 12.0 Å². The number of benzene rings is 1. The van der Waals surface area contributed by atoms with E-state index in [1.54, 1.807) is 13.8 Å². The number of aliphatic hydroxyl groups excluding tert-OH is 1. The van der Waals surface area contributed by atoms with Crippen LogP contribution in [0.15, 0.2) is 18.2 Å². The van der Waals surface area contributed by atoms with Crippen molar-refractivity contribution in [2.75, 3.05) is 6.61 Å². The zero-order valence-electron chi connectivity index (χ0n) is 9.46. The number of halogens is 1. The fourth-order valence-electron chi connectivity index (χ4n) is 1.31. The minimum Gasteiger partial charge on any atom is -0.492 e. The van der Waals surface area contributed by atoms with Crippen molar-refractivity contribution in [3.8, 4) is 17.6 Å². The van der Waals surface area contributed by atoms with Crippen LogP contribution >= 0.6 is 0 Å². The summed E-state index contributed by atoms with van der Waals surface area (Å²) in [5, 5.41) is 9.46. The van der Waals surface area contributed by atoms with Gasteiger partial charge in [0.25, 0.3) is 0 Å². The minimum absolute atomic E-state index is 0.378. The Morgan fingerprint density at radius 2 is 2.25 bits per heavy atom.